The van der Waals surface area contributed by atoms with Gasteiger partial charge < -0.3 is 15.8 Å². The van der Waals surface area contributed by atoms with Gasteiger partial charge in [0.2, 0.25) is 0 Å². The second-order valence-electron chi connectivity index (χ2n) is 6.70. The largest absolute Gasteiger partial charge is 0.494 e. The minimum absolute atomic E-state index is 0.0219. The number of nitrogens with one attached hydrogen (secondary N) is 1. The van der Waals surface area contributed by atoms with Crippen LogP contribution in [0.1, 0.15) is 29.8 Å². The van der Waals surface area contributed by atoms with E-state index in [9.17, 15) is 13.6 Å². The number of benzene rings is 2. The first-order valence-corrected chi connectivity index (χ1v) is 8.89. The highest BCUT2D eigenvalue weighted by molar-refractivity contribution is 6.07. The van der Waals surface area contributed by atoms with Gasteiger partial charge in [-0.1, -0.05) is 12.1 Å². The molecule has 1 fully saturated rings. The van der Waals surface area contributed by atoms with Gasteiger partial charge in [-0.2, -0.15) is 0 Å². The van der Waals surface area contributed by atoms with Gasteiger partial charge in [0.1, 0.15) is 11.3 Å². The molecular weight excluding hydrogens is 366 g/mol. The molecule has 0 unspecified atom stereocenters. The number of rotatable bonds is 4. The fourth-order valence-corrected chi connectivity index (χ4v) is 3.26. The lowest BCUT2D eigenvalue weighted by Gasteiger charge is -2.26. The van der Waals surface area contributed by atoms with Crippen molar-refractivity contribution in [2.45, 2.75) is 25.3 Å². The maximum absolute atomic E-state index is 14.7. The number of amides is 1. The summed E-state index contributed by atoms with van der Waals surface area (Å²) < 4.78 is 34.3. The maximum Gasteiger partial charge on any atom is 0.274 e. The van der Waals surface area contributed by atoms with Crippen LogP contribution in [0.2, 0.25) is 0 Å². The predicted octanol–water partition coefficient (Wildman–Crippen LogP) is 3.45. The Hall–Kier alpha value is -3.29. The van der Waals surface area contributed by atoms with E-state index >= 15 is 0 Å². The summed E-state index contributed by atoms with van der Waals surface area (Å²) in [6.45, 7) is 0. The third-order valence-electron chi connectivity index (χ3n) is 5.03. The highest BCUT2D eigenvalue weighted by Gasteiger charge is 2.25. The first-order chi connectivity index (χ1) is 13.5. The number of anilines is 1. The first kappa shape index (κ1) is 18.1. The van der Waals surface area contributed by atoms with Crippen molar-refractivity contribution in [2.24, 2.45) is 0 Å². The molecule has 1 saturated carbocycles. The van der Waals surface area contributed by atoms with Gasteiger partial charge >= 0.3 is 0 Å². The second-order valence-corrected chi connectivity index (χ2v) is 6.70. The number of carbonyl (C=O) groups excluding carboxylic acids is 1. The van der Waals surface area contributed by atoms with Crippen LogP contribution in [0, 0.1) is 11.6 Å². The molecule has 3 N–H and O–H groups in total. The summed E-state index contributed by atoms with van der Waals surface area (Å²) in [6.07, 6.45) is 2.90. The van der Waals surface area contributed by atoms with Gasteiger partial charge in [0.25, 0.3) is 5.91 Å². The fraction of sp³-hybridized carbons (Fsp3) is 0.250. The first-order valence-electron chi connectivity index (χ1n) is 8.89. The number of aromatic nitrogens is 2. The summed E-state index contributed by atoms with van der Waals surface area (Å²) in [5.41, 5.74) is 6.16. The van der Waals surface area contributed by atoms with Crippen molar-refractivity contribution in [2.75, 3.05) is 12.8 Å². The number of halogens is 2. The third-order valence-corrected chi connectivity index (χ3v) is 5.03. The standard InChI is InChI=1S/C20H18F2N4O2/c1-28-14-7-3-6-11(16(14)22)15-13(21)9-8-12-17(23)19(26-25-18(12)15)20(27)24-10-4-2-5-10/h3,6-10H,2,4-5H2,1H3,(H2,23,25)(H,24,27). The van der Waals surface area contributed by atoms with E-state index in [1.54, 1.807) is 6.07 Å². The van der Waals surface area contributed by atoms with E-state index in [0.29, 0.717) is 5.39 Å². The molecule has 28 heavy (non-hydrogen) atoms. The molecule has 144 valence electrons. The molecule has 0 bridgehead atoms. The second kappa shape index (κ2) is 7.03. The number of nitrogen functional groups attached to an aromatic ring is 1. The quantitative estimate of drug-likeness (QED) is 0.719. The number of hydrogen-bond donors (Lipinski definition) is 2. The number of nitrogens with two attached hydrogens (primary N) is 1. The van der Waals surface area contributed by atoms with E-state index in [-0.39, 0.29) is 39.8 Å². The fourth-order valence-electron chi connectivity index (χ4n) is 3.26. The van der Waals surface area contributed by atoms with Gasteiger partial charge in [0, 0.05) is 22.6 Å². The molecule has 2 aromatic carbocycles. The summed E-state index contributed by atoms with van der Waals surface area (Å²) in [5, 5.41) is 11.1. The molecule has 1 amide bonds. The zero-order chi connectivity index (χ0) is 19.8. The van der Waals surface area contributed by atoms with Crippen molar-refractivity contribution in [1.82, 2.24) is 15.5 Å². The molecular formula is C20H18F2N4O2. The minimum Gasteiger partial charge on any atom is -0.494 e. The highest BCUT2D eigenvalue weighted by atomic mass is 19.1. The van der Waals surface area contributed by atoms with Crippen molar-refractivity contribution in [3.8, 4) is 16.9 Å². The van der Waals surface area contributed by atoms with Crippen LogP contribution in [0.3, 0.4) is 0 Å². The van der Waals surface area contributed by atoms with E-state index < -0.39 is 17.5 Å². The van der Waals surface area contributed by atoms with E-state index in [1.807, 2.05) is 0 Å². The van der Waals surface area contributed by atoms with Crippen LogP contribution in [0.25, 0.3) is 22.0 Å². The molecule has 0 saturated heterocycles. The summed E-state index contributed by atoms with van der Waals surface area (Å²) in [5.74, 6) is -1.84. The molecule has 0 radical (unpaired) electrons. The topological polar surface area (TPSA) is 90.1 Å². The van der Waals surface area contributed by atoms with Crippen LogP contribution in [-0.4, -0.2) is 29.3 Å². The maximum atomic E-state index is 14.7. The molecule has 0 spiro atoms. The molecule has 1 aliphatic rings. The number of ether oxygens (including phenoxy) is 1. The average Bonchev–Trinajstić information content (AvgIpc) is 2.65. The number of nitrogens with zero attached hydrogens (tertiary/aromatic N) is 2. The zero-order valence-electron chi connectivity index (χ0n) is 15.1. The van der Waals surface area contributed by atoms with E-state index in [0.717, 1.165) is 19.3 Å². The monoisotopic (exact) mass is 384 g/mol. The summed E-state index contributed by atoms with van der Waals surface area (Å²) in [6, 6.07) is 7.10. The van der Waals surface area contributed by atoms with Gasteiger partial charge in [0.05, 0.1) is 12.8 Å². The molecule has 1 aliphatic carbocycles. The molecule has 3 aromatic rings. The summed E-state index contributed by atoms with van der Waals surface area (Å²) in [4.78, 5) is 12.4. The Morgan fingerprint density at radius 2 is 2.00 bits per heavy atom. The summed E-state index contributed by atoms with van der Waals surface area (Å²) >= 11 is 0. The van der Waals surface area contributed by atoms with Gasteiger partial charge in [-0.15, -0.1) is 10.2 Å². The minimum atomic E-state index is -0.719. The Kier molecular flexibility index (Phi) is 4.54. The van der Waals surface area contributed by atoms with Gasteiger partial charge in [-0.25, -0.2) is 8.78 Å². The molecule has 0 atom stereocenters. The lowest BCUT2D eigenvalue weighted by Crippen LogP contribution is -2.40. The lowest BCUT2D eigenvalue weighted by atomic mass is 9.93. The molecule has 1 heterocycles. The zero-order valence-corrected chi connectivity index (χ0v) is 15.1. The van der Waals surface area contributed by atoms with E-state index in [1.165, 1.54) is 31.4 Å². The molecule has 8 heteroatoms. The van der Waals surface area contributed by atoms with Crippen LogP contribution >= 0.6 is 0 Å². The smallest absolute Gasteiger partial charge is 0.274 e. The van der Waals surface area contributed by atoms with Crippen LogP contribution in [0.4, 0.5) is 14.5 Å². The predicted molar refractivity (Wildman–Crippen MR) is 101 cm³/mol. The Labute approximate surface area is 159 Å². The van der Waals surface area contributed by atoms with Gasteiger partial charge in [0.15, 0.2) is 17.3 Å². The van der Waals surface area contributed by atoms with Crippen LogP contribution in [0.15, 0.2) is 30.3 Å². The molecule has 0 aliphatic heterocycles. The number of methoxy groups -OCH3 is 1. The third kappa shape index (κ3) is 2.90. The molecule has 6 nitrogen and oxygen atoms in total. The normalized spacial score (nSPS) is 14.0. The Morgan fingerprint density at radius 3 is 2.68 bits per heavy atom. The SMILES string of the molecule is COc1cccc(-c2c(F)ccc3c(N)c(C(=O)NC4CCC4)nnc23)c1F. The number of hydrogen-bond acceptors (Lipinski definition) is 5. The average molecular weight is 384 g/mol. The number of fused-ring (bicyclic) bond motifs is 1. The van der Waals surface area contributed by atoms with E-state index in [2.05, 4.69) is 15.5 Å². The Balaban J connectivity index is 1.86. The Bertz CT molecular complexity index is 1080. The molecule has 4 rings (SSSR count). The van der Waals surface area contributed by atoms with Crippen molar-refractivity contribution in [3.05, 3.63) is 47.7 Å². The Morgan fingerprint density at radius 1 is 1.21 bits per heavy atom. The van der Waals surface area contributed by atoms with Crippen LogP contribution in [0.5, 0.6) is 5.75 Å². The van der Waals surface area contributed by atoms with Crippen molar-refractivity contribution in [3.63, 3.8) is 0 Å². The van der Waals surface area contributed by atoms with E-state index in [4.69, 9.17) is 10.5 Å². The highest BCUT2D eigenvalue weighted by Crippen LogP contribution is 2.36. The summed E-state index contributed by atoms with van der Waals surface area (Å²) in [7, 11) is 1.33. The number of carbonyl (C=O) groups is 1. The van der Waals surface area contributed by atoms with Gasteiger partial charge in [-0.05, 0) is 37.5 Å². The van der Waals surface area contributed by atoms with Crippen molar-refractivity contribution < 1.29 is 18.3 Å². The van der Waals surface area contributed by atoms with Crippen molar-refractivity contribution in [1.29, 1.82) is 0 Å². The van der Waals surface area contributed by atoms with Crippen LogP contribution < -0.4 is 15.8 Å². The van der Waals surface area contributed by atoms with Crippen LogP contribution in [-0.2, 0) is 0 Å². The molecule has 1 aromatic heterocycles. The lowest BCUT2D eigenvalue weighted by molar-refractivity contribution is 0.0912. The van der Waals surface area contributed by atoms with Crippen molar-refractivity contribution >= 4 is 22.5 Å². The van der Waals surface area contributed by atoms with Gasteiger partial charge in [-0.3, -0.25) is 4.79 Å².